The molecule has 2 heterocycles. The Morgan fingerprint density at radius 3 is 2.77 bits per heavy atom. The van der Waals surface area contributed by atoms with Crippen LogP contribution in [0.4, 0.5) is 0 Å². The number of aromatic nitrogens is 1. The summed E-state index contributed by atoms with van der Waals surface area (Å²) >= 11 is 0. The quantitative estimate of drug-likeness (QED) is 0.798. The van der Waals surface area contributed by atoms with Crippen molar-refractivity contribution in [1.82, 2.24) is 9.47 Å². The number of methoxy groups -OCH3 is 2. The van der Waals surface area contributed by atoms with Crippen LogP contribution in [-0.2, 0) is 11.3 Å². The number of pyridine rings is 1. The van der Waals surface area contributed by atoms with Crippen LogP contribution in [-0.4, -0.2) is 36.1 Å². The lowest BCUT2D eigenvalue weighted by Crippen LogP contribution is -2.32. The Hall–Kier alpha value is -2.76. The number of aryl methyl sites for hydroxylation is 1. The molecule has 138 valence electrons. The third-order valence-electron chi connectivity index (χ3n) is 4.83. The zero-order chi connectivity index (χ0) is 18.5. The minimum Gasteiger partial charge on any atom is -0.497 e. The molecular weight excluding hydrogens is 332 g/mol. The highest BCUT2D eigenvalue weighted by Crippen LogP contribution is 2.39. The van der Waals surface area contributed by atoms with Gasteiger partial charge in [0.1, 0.15) is 11.5 Å². The fraction of sp³-hybridized carbons (Fsp3) is 0.400. The fourth-order valence-electron chi connectivity index (χ4n) is 3.49. The number of rotatable bonds is 6. The van der Waals surface area contributed by atoms with Crippen LogP contribution in [0.1, 0.15) is 30.9 Å². The molecule has 3 rings (SSSR count). The van der Waals surface area contributed by atoms with Gasteiger partial charge in [-0.3, -0.25) is 9.59 Å². The van der Waals surface area contributed by atoms with Crippen LogP contribution in [0.25, 0.3) is 0 Å². The van der Waals surface area contributed by atoms with E-state index in [2.05, 4.69) is 0 Å². The van der Waals surface area contributed by atoms with Crippen molar-refractivity contribution in [2.24, 2.45) is 0 Å². The topological polar surface area (TPSA) is 60.8 Å². The van der Waals surface area contributed by atoms with Crippen molar-refractivity contribution in [1.29, 1.82) is 0 Å². The van der Waals surface area contributed by atoms with Gasteiger partial charge in [0.05, 0.1) is 20.3 Å². The second-order valence-corrected chi connectivity index (χ2v) is 6.34. The van der Waals surface area contributed by atoms with Crippen molar-refractivity contribution in [2.75, 3.05) is 20.8 Å². The first-order valence-corrected chi connectivity index (χ1v) is 8.81. The van der Waals surface area contributed by atoms with E-state index in [1.165, 1.54) is 6.07 Å². The highest BCUT2D eigenvalue weighted by atomic mass is 16.5. The van der Waals surface area contributed by atoms with E-state index in [-0.39, 0.29) is 17.5 Å². The monoisotopic (exact) mass is 356 g/mol. The van der Waals surface area contributed by atoms with Crippen molar-refractivity contribution < 1.29 is 14.3 Å². The number of hydrogen-bond donors (Lipinski definition) is 0. The summed E-state index contributed by atoms with van der Waals surface area (Å²) < 4.78 is 12.4. The minimum absolute atomic E-state index is 0.0277. The minimum atomic E-state index is -0.0901. The van der Waals surface area contributed by atoms with E-state index in [0.29, 0.717) is 19.5 Å². The molecule has 1 fully saturated rings. The number of ether oxygens (including phenoxy) is 2. The van der Waals surface area contributed by atoms with Crippen LogP contribution in [0.5, 0.6) is 11.5 Å². The molecule has 1 atom stereocenters. The third kappa shape index (κ3) is 3.74. The molecule has 0 spiro atoms. The largest absolute Gasteiger partial charge is 0.497 e. The molecule has 1 aromatic carbocycles. The molecule has 26 heavy (non-hydrogen) atoms. The first kappa shape index (κ1) is 18.0. The van der Waals surface area contributed by atoms with Gasteiger partial charge in [-0.25, -0.2) is 0 Å². The van der Waals surface area contributed by atoms with Crippen LogP contribution in [0, 0.1) is 0 Å². The summed E-state index contributed by atoms with van der Waals surface area (Å²) in [5.41, 5.74) is 0.877. The van der Waals surface area contributed by atoms with Gasteiger partial charge in [-0.2, -0.15) is 0 Å². The molecular formula is C20H24N2O4. The van der Waals surface area contributed by atoms with Crippen LogP contribution < -0.4 is 15.0 Å². The Bertz CT molecular complexity index is 831. The van der Waals surface area contributed by atoms with Gasteiger partial charge in [0.2, 0.25) is 5.91 Å². The van der Waals surface area contributed by atoms with Crippen LogP contribution >= 0.6 is 0 Å². The molecule has 0 N–H and O–H groups in total. The Morgan fingerprint density at radius 2 is 2.04 bits per heavy atom. The lowest BCUT2D eigenvalue weighted by Gasteiger charge is -2.27. The molecule has 1 aliphatic heterocycles. The van der Waals surface area contributed by atoms with Gasteiger partial charge >= 0.3 is 0 Å². The maximum atomic E-state index is 12.8. The van der Waals surface area contributed by atoms with E-state index in [9.17, 15) is 9.59 Å². The standard InChI is InChI=1S/C20H24N2O4/c1-25-15-8-9-18(26-2)16(14-15)17-6-5-12-22(17)20(24)10-13-21-11-4-3-7-19(21)23/h3-4,7-9,11,14,17H,5-6,10,12-13H2,1-2H3. The molecule has 1 aromatic heterocycles. The summed E-state index contributed by atoms with van der Waals surface area (Å²) in [4.78, 5) is 26.5. The predicted molar refractivity (Wildman–Crippen MR) is 98.6 cm³/mol. The van der Waals surface area contributed by atoms with Crippen LogP contribution in [0.15, 0.2) is 47.4 Å². The summed E-state index contributed by atoms with van der Waals surface area (Å²) in [7, 11) is 3.26. The summed E-state index contributed by atoms with van der Waals surface area (Å²) in [6, 6.07) is 10.6. The Kier molecular flexibility index (Phi) is 5.61. The van der Waals surface area contributed by atoms with E-state index in [1.54, 1.807) is 37.1 Å². The maximum Gasteiger partial charge on any atom is 0.250 e. The summed E-state index contributed by atoms with van der Waals surface area (Å²) in [5.74, 6) is 1.55. The summed E-state index contributed by atoms with van der Waals surface area (Å²) in [6.07, 6.45) is 3.84. The maximum absolute atomic E-state index is 12.8. The average Bonchev–Trinajstić information content (AvgIpc) is 3.16. The Morgan fingerprint density at radius 1 is 1.19 bits per heavy atom. The molecule has 0 bridgehead atoms. The molecule has 0 aliphatic carbocycles. The van der Waals surface area contributed by atoms with Gasteiger partial charge in [-0.05, 0) is 37.1 Å². The Balaban J connectivity index is 1.76. The molecule has 1 aliphatic rings. The van der Waals surface area contributed by atoms with Gasteiger partial charge in [0.25, 0.3) is 5.56 Å². The number of amides is 1. The van der Waals surface area contributed by atoms with Gasteiger partial charge in [0.15, 0.2) is 0 Å². The molecule has 1 saturated heterocycles. The number of hydrogen-bond acceptors (Lipinski definition) is 4. The van der Waals surface area contributed by atoms with Crippen molar-refractivity contribution in [3.8, 4) is 11.5 Å². The van der Waals surface area contributed by atoms with Crippen LogP contribution in [0.3, 0.4) is 0 Å². The number of nitrogens with zero attached hydrogens (tertiary/aromatic N) is 2. The van der Waals surface area contributed by atoms with E-state index < -0.39 is 0 Å². The number of likely N-dealkylation sites (tertiary alicyclic amines) is 1. The first-order chi connectivity index (χ1) is 12.6. The van der Waals surface area contributed by atoms with Crippen molar-refractivity contribution >= 4 is 5.91 Å². The number of benzene rings is 1. The normalized spacial score (nSPS) is 16.5. The van der Waals surface area contributed by atoms with Gasteiger partial charge in [0, 0.05) is 37.3 Å². The first-order valence-electron chi connectivity index (χ1n) is 8.81. The van der Waals surface area contributed by atoms with Crippen LogP contribution in [0.2, 0.25) is 0 Å². The average molecular weight is 356 g/mol. The molecule has 0 radical (unpaired) electrons. The second-order valence-electron chi connectivity index (χ2n) is 6.34. The lowest BCUT2D eigenvalue weighted by atomic mass is 10.0. The second kappa shape index (κ2) is 8.08. The molecule has 6 nitrogen and oxygen atoms in total. The summed E-state index contributed by atoms with van der Waals surface area (Å²) in [6.45, 7) is 1.10. The van der Waals surface area contributed by atoms with Crippen molar-refractivity contribution in [2.45, 2.75) is 31.8 Å². The number of carbonyl (C=O) groups is 1. The highest BCUT2D eigenvalue weighted by Gasteiger charge is 2.31. The molecule has 0 saturated carbocycles. The fourth-order valence-corrected chi connectivity index (χ4v) is 3.49. The van der Waals surface area contributed by atoms with E-state index in [1.807, 2.05) is 23.1 Å². The van der Waals surface area contributed by atoms with Gasteiger partial charge < -0.3 is 18.9 Å². The predicted octanol–water partition coefficient (Wildman–Crippen LogP) is 2.62. The zero-order valence-corrected chi connectivity index (χ0v) is 15.2. The highest BCUT2D eigenvalue weighted by molar-refractivity contribution is 5.77. The number of carbonyl (C=O) groups excluding carboxylic acids is 1. The zero-order valence-electron chi connectivity index (χ0n) is 15.2. The third-order valence-corrected chi connectivity index (χ3v) is 4.83. The van der Waals surface area contributed by atoms with Crippen molar-refractivity contribution in [3.05, 3.63) is 58.5 Å². The van der Waals surface area contributed by atoms with Gasteiger partial charge in [-0.15, -0.1) is 0 Å². The molecule has 1 amide bonds. The molecule has 6 heteroatoms. The van der Waals surface area contributed by atoms with E-state index >= 15 is 0 Å². The van der Waals surface area contributed by atoms with E-state index in [4.69, 9.17) is 9.47 Å². The molecule has 1 unspecified atom stereocenters. The summed E-state index contributed by atoms with van der Waals surface area (Å²) in [5, 5.41) is 0. The molecule has 2 aromatic rings. The van der Waals surface area contributed by atoms with Gasteiger partial charge in [-0.1, -0.05) is 6.07 Å². The van der Waals surface area contributed by atoms with Crippen molar-refractivity contribution in [3.63, 3.8) is 0 Å². The smallest absolute Gasteiger partial charge is 0.250 e. The Labute approximate surface area is 153 Å². The SMILES string of the molecule is COc1ccc(OC)c(C2CCCN2C(=O)CCn2ccccc2=O)c1. The lowest BCUT2D eigenvalue weighted by molar-refractivity contribution is -0.132. The van der Waals surface area contributed by atoms with E-state index in [0.717, 1.165) is 29.9 Å².